The highest BCUT2D eigenvalue weighted by molar-refractivity contribution is 7.89. The van der Waals surface area contributed by atoms with Crippen molar-refractivity contribution >= 4 is 10.0 Å². The lowest BCUT2D eigenvalue weighted by Crippen LogP contribution is -2.23. The van der Waals surface area contributed by atoms with Crippen LogP contribution in [0.5, 0.6) is 0 Å². The summed E-state index contributed by atoms with van der Waals surface area (Å²) in [4.78, 5) is 0.263. The third-order valence-corrected chi connectivity index (χ3v) is 4.61. The fraction of sp³-hybridized carbons (Fsp3) is 0.500. The van der Waals surface area contributed by atoms with Crippen molar-refractivity contribution in [2.45, 2.75) is 44.4 Å². The Kier molecular flexibility index (Phi) is 4.72. The summed E-state index contributed by atoms with van der Waals surface area (Å²) < 4.78 is 27.0. The van der Waals surface area contributed by atoms with E-state index in [4.69, 9.17) is 0 Å². The summed E-state index contributed by atoms with van der Waals surface area (Å²) in [6.45, 7) is 7.68. The molecule has 0 aliphatic carbocycles. The molecule has 1 aromatic carbocycles. The molecule has 0 heterocycles. The lowest BCUT2D eigenvalue weighted by molar-refractivity contribution is 0.583. The van der Waals surface area contributed by atoms with E-state index in [-0.39, 0.29) is 16.7 Å². The minimum Gasteiger partial charge on any atom is -0.214 e. The van der Waals surface area contributed by atoms with Gasteiger partial charge in [-0.05, 0) is 36.1 Å². The van der Waals surface area contributed by atoms with Crippen LogP contribution in [0.15, 0.2) is 17.0 Å². The molecule has 5 heteroatoms. The number of sulfonamides is 1. The maximum atomic E-state index is 12.3. The molecular weight excluding hydrogens is 260 g/mol. The Balaban J connectivity index is 3.86. The number of nitriles is 1. The van der Waals surface area contributed by atoms with Gasteiger partial charge in [0.05, 0.1) is 16.5 Å². The van der Waals surface area contributed by atoms with Crippen molar-refractivity contribution in [1.29, 1.82) is 5.26 Å². The predicted molar refractivity (Wildman–Crippen MR) is 75.6 cm³/mol. The van der Waals surface area contributed by atoms with Gasteiger partial charge in [-0.15, -0.1) is 0 Å². The quantitative estimate of drug-likeness (QED) is 0.921. The van der Waals surface area contributed by atoms with E-state index >= 15 is 0 Å². The first-order valence-electron chi connectivity index (χ1n) is 6.26. The molecule has 19 heavy (non-hydrogen) atoms. The molecule has 1 rings (SSSR count). The first-order chi connectivity index (χ1) is 8.76. The van der Waals surface area contributed by atoms with Crippen LogP contribution in [0.25, 0.3) is 0 Å². The maximum Gasteiger partial charge on any atom is 0.240 e. The van der Waals surface area contributed by atoms with Crippen LogP contribution >= 0.6 is 0 Å². The first kappa shape index (κ1) is 15.7. The molecule has 0 aliphatic rings. The number of rotatable bonds is 4. The minimum absolute atomic E-state index is 0.0357. The Hall–Kier alpha value is -1.38. The van der Waals surface area contributed by atoms with Gasteiger partial charge in [0.15, 0.2) is 0 Å². The summed E-state index contributed by atoms with van der Waals surface area (Å²) in [5.41, 5.74) is 1.77. The largest absolute Gasteiger partial charge is 0.240 e. The van der Waals surface area contributed by atoms with Crippen molar-refractivity contribution in [2.24, 2.45) is 0 Å². The summed E-state index contributed by atoms with van der Waals surface area (Å²) in [6.07, 6.45) is 0. The normalized spacial score (nSPS) is 11.9. The van der Waals surface area contributed by atoms with Crippen molar-refractivity contribution in [2.75, 3.05) is 7.05 Å². The molecule has 0 fully saturated rings. The molecule has 0 saturated carbocycles. The predicted octanol–water partition coefficient (Wildman–Crippen LogP) is 2.71. The second kappa shape index (κ2) is 5.72. The van der Waals surface area contributed by atoms with Gasteiger partial charge in [-0.1, -0.05) is 33.8 Å². The van der Waals surface area contributed by atoms with Crippen LogP contribution in [-0.4, -0.2) is 15.5 Å². The van der Waals surface area contributed by atoms with E-state index in [1.54, 1.807) is 12.1 Å². The zero-order valence-corrected chi connectivity index (χ0v) is 12.8. The Morgan fingerprint density at radius 3 is 2.11 bits per heavy atom. The van der Waals surface area contributed by atoms with E-state index in [1.165, 1.54) is 7.05 Å². The SMILES string of the molecule is CNS(=O)(=O)c1c(C(C)C)ccc(C#N)c1C(C)C. The molecule has 0 unspecified atom stereocenters. The van der Waals surface area contributed by atoms with E-state index in [0.717, 1.165) is 5.56 Å². The summed E-state index contributed by atoms with van der Waals surface area (Å²) in [5, 5.41) is 9.19. The number of nitrogens with one attached hydrogen (secondary N) is 1. The average Bonchev–Trinajstić information content (AvgIpc) is 2.36. The topological polar surface area (TPSA) is 70.0 Å². The molecule has 0 radical (unpaired) electrons. The van der Waals surface area contributed by atoms with Crippen molar-refractivity contribution in [1.82, 2.24) is 4.72 Å². The smallest absolute Gasteiger partial charge is 0.214 e. The zero-order chi connectivity index (χ0) is 14.8. The van der Waals surface area contributed by atoms with Crippen LogP contribution in [0.2, 0.25) is 0 Å². The van der Waals surface area contributed by atoms with Gasteiger partial charge in [-0.25, -0.2) is 13.1 Å². The van der Waals surface area contributed by atoms with E-state index in [9.17, 15) is 13.7 Å². The van der Waals surface area contributed by atoms with E-state index in [0.29, 0.717) is 11.1 Å². The maximum absolute atomic E-state index is 12.3. The van der Waals surface area contributed by atoms with E-state index in [2.05, 4.69) is 10.8 Å². The Bertz CT molecular complexity index is 611. The fourth-order valence-electron chi connectivity index (χ4n) is 2.14. The molecule has 4 nitrogen and oxygen atoms in total. The highest BCUT2D eigenvalue weighted by atomic mass is 32.2. The molecule has 104 valence electrons. The molecule has 1 N–H and O–H groups in total. The number of benzene rings is 1. The third-order valence-electron chi connectivity index (χ3n) is 3.08. The van der Waals surface area contributed by atoms with E-state index < -0.39 is 10.0 Å². The first-order valence-corrected chi connectivity index (χ1v) is 7.75. The summed E-state index contributed by atoms with van der Waals surface area (Å²) in [5.74, 6) is 0.0369. The summed E-state index contributed by atoms with van der Waals surface area (Å²) in [7, 11) is -2.19. The molecule has 1 aromatic rings. The molecule has 0 amide bonds. The monoisotopic (exact) mass is 280 g/mol. The Morgan fingerprint density at radius 1 is 1.16 bits per heavy atom. The highest BCUT2D eigenvalue weighted by Gasteiger charge is 2.26. The molecule has 0 atom stereocenters. The molecule has 0 bridgehead atoms. The van der Waals surface area contributed by atoms with Gasteiger partial charge < -0.3 is 0 Å². The van der Waals surface area contributed by atoms with E-state index in [1.807, 2.05) is 27.7 Å². The van der Waals surface area contributed by atoms with Crippen molar-refractivity contribution in [3.05, 3.63) is 28.8 Å². The fourth-order valence-corrected chi connectivity index (χ4v) is 3.60. The summed E-state index contributed by atoms with van der Waals surface area (Å²) in [6, 6.07) is 5.53. The standard InChI is InChI=1S/C14H20N2O2S/c1-9(2)12-7-6-11(8-15)13(10(3)4)14(12)19(17,18)16-5/h6-7,9-10,16H,1-5H3. The molecular formula is C14H20N2O2S. The highest BCUT2D eigenvalue weighted by Crippen LogP contribution is 2.33. The van der Waals surface area contributed by atoms with Gasteiger partial charge in [-0.2, -0.15) is 5.26 Å². The zero-order valence-electron chi connectivity index (χ0n) is 12.0. The van der Waals surface area contributed by atoms with Crippen LogP contribution in [0, 0.1) is 11.3 Å². The second-order valence-corrected chi connectivity index (χ2v) is 6.90. The van der Waals surface area contributed by atoms with Crippen molar-refractivity contribution in [3.63, 3.8) is 0 Å². The number of hydrogen-bond donors (Lipinski definition) is 1. The number of nitrogens with zero attached hydrogens (tertiary/aromatic N) is 1. The van der Waals surface area contributed by atoms with Gasteiger partial charge in [0.1, 0.15) is 0 Å². The number of hydrogen-bond acceptors (Lipinski definition) is 3. The Labute approximate surface area is 115 Å². The van der Waals surface area contributed by atoms with Gasteiger partial charge in [0, 0.05) is 0 Å². The molecule has 0 saturated heterocycles. The second-order valence-electron chi connectivity index (χ2n) is 5.07. The van der Waals surface area contributed by atoms with Crippen LogP contribution < -0.4 is 4.72 Å². The minimum atomic E-state index is -3.58. The van der Waals surface area contributed by atoms with Gasteiger partial charge >= 0.3 is 0 Å². The van der Waals surface area contributed by atoms with Crippen molar-refractivity contribution < 1.29 is 8.42 Å². The van der Waals surface area contributed by atoms with Crippen LogP contribution in [0.4, 0.5) is 0 Å². The van der Waals surface area contributed by atoms with Gasteiger partial charge in [0.2, 0.25) is 10.0 Å². The summed E-state index contributed by atoms with van der Waals surface area (Å²) >= 11 is 0. The van der Waals surface area contributed by atoms with Gasteiger partial charge in [-0.3, -0.25) is 0 Å². The molecule has 0 aliphatic heterocycles. The average molecular weight is 280 g/mol. The van der Waals surface area contributed by atoms with Crippen LogP contribution in [0.3, 0.4) is 0 Å². The van der Waals surface area contributed by atoms with Crippen LogP contribution in [0.1, 0.15) is 56.2 Å². The third kappa shape index (κ3) is 2.96. The van der Waals surface area contributed by atoms with Crippen molar-refractivity contribution in [3.8, 4) is 6.07 Å². The van der Waals surface area contributed by atoms with Gasteiger partial charge in [0.25, 0.3) is 0 Å². The van der Waals surface area contributed by atoms with Crippen LogP contribution in [-0.2, 0) is 10.0 Å². The molecule has 0 spiro atoms. The molecule has 0 aromatic heterocycles. The lowest BCUT2D eigenvalue weighted by atomic mass is 9.92. The Morgan fingerprint density at radius 2 is 1.74 bits per heavy atom. The lowest BCUT2D eigenvalue weighted by Gasteiger charge is -2.20.